The largest absolute Gasteiger partial charge is 0.463 e. The van der Waals surface area contributed by atoms with Crippen molar-refractivity contribution in [3.63, 3.8) is 0 Å². The average molecular weight is 441 g/mol. The van der Waals surface area contributed by atoms with Crippen LogP contribution < -0.4 is 0 Å². The van der Waals surface area contributed by atoms with Crippen LogP contribution in [0.25, 0.3) is 0 Å². The van der Waals surface area contributed by atoms with Crippen LogP contribution in [0.15, 0.2) is 0 Å². The molecule has 1 N–H and O–H groups in total. The van der Waals surface area contributed by atoms with Crippen molar-refractivity contribution in [3.8, 4) is 0 Å². The lowest BCUT2D eigenvalue weighted by Crippen LogP contribution is -2.10. The minimum atomic E-state index is -0.0934. The third-order valence-corrected chi connectivity index (χ3v) is 6.01. The summed E-state index contributed by atoms with van der Waals surface area (Å²) in [5.74, 6) is 0.993. The molecular weight excluding hydrogens is 388 g/mol. The van der Waals surface area contributed by atoms with Crippen molar-refractivity contribution in [1.29, 1.82) is 0 Å². The number of unbranched alkanes of at least 4 members (excludes halogenated alkanes) is 9. The molecular formula is C27H52O4. The van der Waals surface area contributed by atoms with Gasteiger partial charge in [0.25, 0.3) is 0 Å². The van der Waals surface area contributed by atoms with Gasteiger partial charge in [-0.3, -0.25) is 9.59 Å². The summed E-state index contributed by atoms with van der Waals surface area (Å²) in [5.41, 5.74) is 0. The Bertz CT molecular complexity index is 433. The summed E-state index contributed by atoms with van der Waals surface area (Å²) in [6.07, 6.45) is 19.4. The van der Waals surface area contributed by atoms with E-state index in [9.17, 15) is 14.7 Å². The van der Waals surface area contributed by atoms with Gasteiger partial charge < -0.3 is 9.84 Å². The van der Waals surface area contributed by atoms with Crippen LogP contribution in [-0.4, -0.2) is 29.1 Å². The van der Waals surface area contributed by atoms with Gasteiger partial charge in [0.1, 0.15) is 5.78 Å². The molecule has 0 amide bonds. The fourth-order valence-electron chi connectivity index (χ4n) is 4.10. The molecule has 31 heavy (non-hydrogen) atoms. The molecule has 0 spiro atoms. The number of rotatable bonds is 17. The SMILES string of the molecule is CCCCCCCC(=O)CCC1CCC(O)C1.CCCCCCCCC(=O)OC(C)C. The molecule has 0 aromatic carbocycles. The Labute approximate surface area is 192 Å². The molecule has 1 aliphatic carbocycles. The number of carbonyl (C=O) groups excluding carboxylic acids is 2. The Hall–Kier alpha value is -0.900. The zero-order chi connectivity index (χ0) is 23.3. The molecule has 1 saturated carbocycles. The zero-order valence-electron chi connectivity index (χ0n) is 21.1. The van der Waals surface area contributed by atoms with Crippen LogP contribution in [-0.2, 0) is 14.3 Å². The molecule has 184 valence electrons. The highest BCUT2D eigenvalue weighted by Gasteiger charge is 2.22. The second kappa shape index (κ2) is 21.0. The van der Waals surface area contributed by atoms with Crippen LogP contribution in [0.1, 0.15) is 143 Å². The van der Waals surface area contributed by atoms with Gasteiger partial charge in [-0.1, -0.05) is 71.6 Å². The van der Waals surface area contributed by atoms with Crippen molar-refractivity contribution in [1.82, 2.24) is 0 Å². The normalized spacial score (nSPS) is 18.0. The van der Waals surface area contributed by atoms with Crippen molar-refractivity contribution in [2.75, 3.05) is 0 Å². The number of esters is 1. The molecule has 0 radical (unpaired) electrons. The van der Waals surface area contributed by atoms with Crippen molar-refractivity contribution in [2.24, 2.45) is 5.92 Å². The number of hydrogen-bond acceptors (Lipinski definition) is 4. The first-order valence-electron chi connectivity index (χ1n) is 13.3. The van der Waals surface area contributed by atoms with Gasteiger partial charge in [-0.05, 0) is 58.3 Å². The van der Waals surface area contributed by atoms with Crippen LogP contribution in [0, 0.1) is 5.92 Å². The van der Waals surface area contributed by atoms with Gasteiger partial charge in [-0.2, -0.15) is 0 Å². The third-order valence-electron chi connectivity index (χ3n) is 6.01. The molecule has 2 unspecified atom stereocenters. The van der Waals surface area contributed by atoms with Crippen molar-refractivity contribution in [2.45, 2.75) is 155 Å². The molecule has 0 aromatic heterocycles. The Morgan fingerprint density at radius 2 is 1.35 bits per heavy atom. The fraction of sp³-hybridized carbons (Fsp3) is 0.926. The van der Waals surface area contributed by atoms with Gasteiger partial charge in [0, 0.05) is 19.3 Å². The smallest absolute Gasteiger partial charge is 0.306 e. The Kier molecular flexibility index (Phi) is 20.4. The number of ketones is 1. The van der Waals surface area contributed by atoms with E-state index in [0.29, 0.717) is 18.1 Å². The van der Waals surface area contributed by atoms with Crippen LogP contribution in [0.5, 0.6) is 0 Å². The van der Waals surface area contributed by atoms with Crippen molar-refractivity contribution < 1.29 is 19.4 Å². The molecule has 0 aromatic rings. The number of Topliss-reactive ketones (excluding diaryl/α,β-unsaturated/α-hetero) is 1. The molecule has 1 rings (SSSR count). The maximum Gasteiger partial charge on any atom is 0.306 e. The average Bonchev–Trinajstić information content (AvgIpc) is 3.14. The molecule has 2 atom stereocenters. The molecule has 0 heterocycles. The predicted octanol–water partition coefficient (Wildman–Crippen LogP) is 7.55. The van der Waals surface area contributed by atoms with Gasteiger partial charge in [0.05, 0.1) is 12.2 Å². The van der Waals surface area contributed by atoms with E-state index < -0.39 is 0 Å². The van der Waals surface area contributed by atoms with Gasteiger partial charge in [-0.25, -0.2) is 0 Å². The van der Waals surface area contributed by atoms with Crippen molar-refractivity contribution >= 4 is 11.8 Å². The molecule has 1 fully saturated rings. The summed E-state index contributed by atoms with van der Waals surface area (Å²) in [6.45, 7) is 8.19. The van der Waals surface area contributed by atoms with E-state index in [1.54, 1.807) is 0 Å². The highest BCUT2D eigenvalue weighted by Crippen LogP contribution is 2.29. The van der Waals surface area contributed by atoms with Crippen LogP contribution in [0.2, 0.25) is 0 Å². The van der Waals surface area contributed by atoms with Gasteiger partial charge >= 0.3 is 5.97 Å². The van der Waals surface area contributed by atoms with E-state index in [2.05, 4.69) is 13.8 Å². The number of aliphatic hydroxyl groups excluding tert-OH is 1. The lowest BCUT2D eigenvalue weighted by Gasteiger charge is -2.08. The maximum absolute atomic E-state index is 11.7. The number of carbonyl (C=O) groups is 2. The number of hydrogen-bond donors (Lipinski definition) is 1. The number of aliphatic hydroxyl groups is 1. The lowest BCUT2D eigenvalue weighted by molar-refractivity contribution is -0.147. The highest BCUT2D eigenvalue weighted by molar-refractivity contribution is 5.78. The van der Waals surface area contributed by atoms with Gasteiger partial charge in [0.15, 0.2) is 0 Å². The summed E-state index contributed by atoms with van der Waals surface area (Å²) >= 11 is 0. The zero-order valence-corrected chi connectivity index (χ0v) is 21.1. The first kappa shape index (κ1) is 30.1. The second-order valence-electron chi connectivity index (χ2n) is 9.63. The summed E-state index contributed by atoms with van der Waals surface area (Å²) in [6, 6.07) is 0. The Morgan fingerprint density at radius 3 is 1.87 bits per heavy atom. The van der Waals surface area contributed by atoms with E-state index in [1.807, 2.05) is 13.8 Å². The lowest BCUT2D eigenvalue weighted by atomic mass is 9.98. The number of ether oxygens (including phenoxy) is 1. The molecule has 4 heteroatoms. The minimum absolute atomic E-state index is 0.0302. The second-order valence-corrected chi connectivity index (χ2v) is 9.63. The van der Waals surface area contributed by atoms with Crippen molar-refractivity contribution in [3.05, 3.63) is 0 Å². The van der Waals surface area contributed by atoms with E-state index in [1.165, 1.54) is 51.4 Å². The topological polar surface area (TPSA) is 63.6 Å². The fourth-order valence-corrected chi connectivity index (χ4v) is 4.10. The standard InChI is InChI=1S/C15H28O2.C12H24O2/c1-2-3-4-5-6-7-14(16)10-8-13-9-11-15(17)12-13;1-4-5-6-7-8-9-10-12(13)14-11(2)3/h13,15,17H,2-12H2,1H3;11H,4-10H2,1-3H3. The molecule has 0 bridgehead atoms. The minimum Gasteiger partial charge on any atom is -0.463 e. The van der Waals surface area contributed by atoms with E-state index in [-0.39, 0.29) is 18.2 Å². The molecule has 4 nitrogen and oxygen atoms in total. The highest BCUT2D eigenvalue weighted by atomic mass is 16.5. The first-order chi connectivity index (χ1) is 14.9. The Balaban J connectivity index is 0.000000594. The maximum atomic E-state index is 11.7. The quantitative estimate of drug-likeness (QED) is 0.187. The first-order valence-corrected chi connectivity index (χ1v) is 13.3. The van der Waals surface area contributed by atoms with E-state index in [4.69, 9.17) is 4.74 Å². The van der Waals surface area contributed by atoms with Crippen LogP contribution >= 0.6 is 0 Å². The van der Waals surface area contributed by atoms with E-state index >= 15 is 0 Å². The summed E-state index contributed by atoms with van der Waals surface area (Å²) in [5, 5.41) is 9.40. The summed E-state index contributed by atoms with van der Waals surface area (Å²) in [4.78, 5) is 22.8. The summed E-state index contributed by atoms with van der Waals surface area (Å²) < 4.78 is 5.04. The molecule has 0 saturated heterocycles. The van der Waals surface area contributed by atoms with Crippen LogP contribution in [0.4, 0.5) is 0 Å². The third kappa shape index (κ3) is 20.7. The van der Waals surface area contributed by atoms with Gasteiger partial charge in [0.2, 0.25) is 0 Å². The summed E-state index contributed by atoms with van der Waals surface area (Å²) in [7, 11) is 0. The Morgan fingerprint density at radius 1 is 0.806 bits per heavy atom. The van der Waals surface area contributed by atoms with Gasteiger partial charge in [-0.15, -0.1) is 0 Å². The predicted molar refractivity (Wildman–Crippen MR) is 130 cm³/mol. The molecule has 1 aliphatic rings. The molecule has 0 aliphatic heterocycles. The van der Waals surface area contributed by atoms with Crippen LogP contribution in [0.3, 0.4) is 0 Å². The van der Waals surface area contributed by atoms with E-state index in [0.717, 1.165) is 57.8 Å². The monoisotopic (exact) mass is 440 g/mol.